The molecule has 0 spiro atoms. The van der Waals surface area contributed by atoms with Gasteiger partial charge in [-0.25, -0.2) is 0 Å². The van der Waals surface area contributed by atoms with Gasteiger partial charge in [-0.2, -0.15) is 0 Å². The Morgan fingerprint density at radius 2 is 1.12 bits per heavy atom. The predicted molar refractivity (Wildman–Crippen MR) is 64.8 cm³/mol. The van der Waals surface area contributed by atoms with Crippen LogP contribution in [0.3, 0.4) is 0 Å². The van der Waals surface area contributed by atoms with Crippen molar-refractivity contribution in [2.45, 2.75) is 50.7 Å². The lowest BCUT2D eigenvalue weighted by atomic mass is 9.72. The van der Waals surface area contributed by atoms with Gasteiger partial charge in [-0.1, -0.05) is 0 Å². The Morgan fingerprint density at radius 3 is 1.19 bits per heavy atom. The SMILES string of the molecule is CC1(O)CC(CN)C1.CC1(O)CC(CN)C1. The molecule has 4 heteroatoms. The van der Waals surface area contributed by atoms with Crippen LogP contribution in [-0.4, -0.2) is 34.5 Å². The fourth-order valence-corrected chi connectivity index (χ4v) is 2.70. The van der Waals surface area contributed by atoms with Gasteiger partial charge in [0.15, 0.2) is 0 Å². The first-order valence-electron chi connectivity index (χ1n) is 6.13. The Morgan fingerprint density at radius 1 is 0.875 bits per heavy atom. The molecule has 4 nitrogen and oxygen atoms in total. The van der Waals surface area contributed by atoms with E-state index in [1.807, 2.05) is 13.8 Å². The zero-order valence-electron chi connectivity index (χ0n) is 10.4. The molecule has 0 aromatic heterocycles. The van der Waals surface area contributed by atoms with E-state index in [-0.39, 0.29) is 11.2 Å². The molecule has 2 fully saturated rings. The van der Waals surface area contributed by atoms with E-state index in [0.29, 0.717) is 11.8 Å². The number of hydrogen-bond acceptors (Lipinski definition) is 4. The maximum atomic E-state index is 9.16. The highest BCUT2D eigenvalue weighted by molar-refractivity contribution is 4.90. The van der Waals surface area contributed by atoms with Crippen molar-refractivity contribution in [3.05, 3.63) is 0 Å². The van der Waals surface area contributed by atoms with Gasteiger partial charge in [0.25, 0.3) is 0 Å². The van der Waals surface area contributed by atoms with Crippen LogP contribution < -0.4 is 11.5 Å². The molecule has 0 atom stereocenters. The van der Waals surface area contributed by atoms with Crippen LogP contribution in [0.15, 0.2) is 0 Å². The molecule has 2 rings (SSSR count). The van der Waals surface area contributed by atoms with Crippen LogP contribution in [0.2, 0.25) is 0 Å². The molecule has 0 aromatic rings. The third-order valence-electron chi connectivity index (χ3n) is 3.58. The summed E-state index contributed by atoms with van der Waals surface area (Å²) in [6.07, 6.45) is 3.57. The first kappa shape index (κ1) is 13.9. The summed E-state index contributed by atoms with van der Waals surface area (Å²) in [6, 6.07) is 0. The first-order valence-corrected chi connectivity index (χ1v) is 6.13. The average molecular weight is 230 g/mol. The normalized spacial score (nSPS) is 46.1. The summed E-state index contributed by atoms with van der Waals surface area (Å²) in [5.41, 5.74) is 9.92. The molecule has 96 valence electrons. The van der Waals surface area contributed by atoms with Gasteiger partial charge in [-0.3, -0.25) is 0 Å². The second-order valence-corrected chi connectivity index (χ2v) is 6.01. The zero-order valence-corrected chi connectivity index (χ0v) is 10.4. The highest BCUT2D eigenvalue weighted by Crippen LogP contribution is 2.36. The van der Waals surface area contributed by atoms with Crippen LogP contribution in [-0.2, 0) is 0 Å². The van der Waals surface area contributed by atoms with Gasteiger partial charge in [-0.05, 0) is 64.5 Å². The van der Waals surface area contributed by atoms with E-state index in [1.165, 1.54) is 0 Å². The van der Waals surface area contributed by atoms with Crippen molar-refractivity contribution in [2.24, 2.45) is 23.3 Å². The Labute approximate surface area is 98.0 Å². The standard InChI is InChI=1S/2C6H13NO/c2*1-6(8)2-5(3-6)4-7/h2*5,8H,2-4,7H2,1H3. The fourth-order valence-electron chi connectivity index (χ4n) is 2.70. The summed E-state index contributed by atoms with van der Waals surface area (Å²) < 4.78 is 0. The second-order valence-electron chi connectivity index (χ2n) is 6.01. The summed E-state index contributed by atoms with van der Waals surface area (Å²) in [5, 5.41) is 18.3. The monoisotopic (exact) mass is 230 g/mol. The third-order valence-corrected chi connectivity index (χ3v) is 3.58. The molecule has 0 aromatic carbocycles. The van der Waals surface area contributed by atoms with Crippen molar-refractivity contribution in [1.29, 1.82) is 0 Å². The van der Waals surface area contributed by atoms with Crippen molar-refractivity contribution in [3.8, 4) is 0 Å². The van der Waals surface area contributed by atoms with Gasteiger partial charge >= 0.3 is 0 Å². The quantitative estimate of drug-likeness (QED) is 0.546. The number of rotatable bonds is 2. The van der Waals surface area contributed by atoms with E-state index in [1.54, 1.807) is 0 Å². The summed E-state index contributed by atoms with van der Waals surface area (Å²) in [7, 11) is 0. The molecule has 0 aliphatic heterocycles. The topological polar surface area (TPSA) is 92.5 Å². The maximum absolute atomic E-state index is 9.16. The van der Waals surface area contributed by atoms with E-state index in [9.17, 15) is 0 Å². The average Bonchev–Trinajstić information content (AvgIpc) is 2.10. The molecule has 0 radical (unpaired) electrons. The predicted octanol–water partition coefficient (Wildman–Crippen LogP) is 0.212. The molecule has 6 N–H and O–H groups in total. The lowest BCUT2D eigenvalue weighted by Crippen LogP contribution is -2.43. The third kappa shape index (κ3) is 4.01. The number of hydrogen-bond donors (Lipinski definition) is 4. The lowest BCUT2D eigenvalue weighted by molar-refractivity contribution is -0.0541. The van der Waals surface area contributed by atoms with E-state index in [0.717, 1.165) is 38.8 Å². The molecule has 0 unspecified atom stereocenters. The summed E-state index contributed by atoms with van der Waals surface area (Å²) >= 11 is 0. The molecule has 2 aliphatic rings. The van der Waals surface area contributed by atoms with Gasteiger partial charge in [0.05, 0.1) is 11.2 Å². The molecule has 0 amide bonds. The number of aliphatic hydroxyl groups is 2. The van der Waals surface area contributed by atoms with Crippen molar-refractivity contribution in [1.82, 2.24) is 0 Å². The summed E-state index contributed by atoms with van der Waals surface area (Å²) in [4.78, 5) is 0. The van der Waals surface area contributed by atoms with Crippen molar-refractivity contribution >= 4 is 0 Å². The molecular weight excluding hydrogens is 204 g/mol. The van der Waals surface area contributed by atoms with Gasteiger partial charge in [0.1, 0.15) is 0 Å². The Balaban J connectivity index is 0.000000160. The van der Waals surface area contributed by atoms with Crippen LogP contribution in [0, 0.1) is 11.8 Å². The van der Waals surface area contributed by atoms with E-state index in [4.69, 9.17) is 21.7 Å². The number of nitrogens with two attached hydrogens (primary N) is 2. The Bertz CT molecular complexity index is 189. The smallest absolute Gasteiger partial charge is 0.0626 e. The van der Waals surface area contributed by atoms with Crippen molar-refractivity contribution in [2.75, 3.05) is 13.1 Å². The summed E-state index contributed by atoms with van der Waals surface area (Å²) in [6.45, 7) is 5.19. The Kier molecular flexibility index (Phi) is 4.35. The Hall–Kier alpha value is -0.160. The van der Waals surface area contributed by atoms with Gasteiger partial charge < -0.3 is 21.7 Å². The first-order chi connectivity index (χ1) is 7.28. The van der Waals surface area contributed by atoms with Crippen LogP contribution >= 0.6 is 0 Å². The molecule has 0 saturated heterocycles. The lowest BCUT2D eigenvalue weighted by Gasteiger charge is -2.40. The fraction of sp³-hybridized carbons (Fsp3) is 1.00. The van der Waals surface area contributed by atoms with Crippen LogP contribution in [0.25, 0.3) is 0 Å². The van der Waals surface area contributed by atoms with Crippen LogP contribution in [0.4, 0.5) is 0 Å². The molecule has 2 aliphatic carbocycles. The van der Waals surface area contributed by atoms with Gasteiger partial charge in [-0.15, -0.1) is 0 Å². The van der Waals surface area contributed by atoms with E-state index >= 15 is 0 Å². The minimum atomic E-state index is -0.385. The minimum absolute atomic E-state index is 0.385. The van der Waals surface area contributed by atoms with Crippen molar-refractivity contribution < 1.29 is 10.2 Å². The van der Waals surface area contributed by atoms with Crippen LogP contribution in [0.1, 0.15) is 39.5 Å². The molecule has 0 bridgehead atoms. The summed E-state index contributed by atoms with van der Waals surface area (Å²) in [5.74, 6) is 1.18. The van der Waals surface area contributed by atoms with Gasteiger partial charge in [0, 0.05) is 0 Å². The van der Waals surface area contributed by atoms with E-state index < -0.39 is 0 Å². The van der Waals surface area contributed by atoms with Crippen molar-refractivity contribution in [3.63, 3.8) is 0 Å². The largest absolute Gasteiger partial charge is 0.390 e. The highest BCUT2D eigenvalue weighted by Gasteiger charge is 2.37. The van der Waals surface area contributed by atoms with E-state index in [2.05, 4.69) is 0 Å². The maximum Gasteiger partial charge on any atom is 0.0626 e. The molecule has 16 heavy (non-hydrogen) atoms. The van der Waals surface area contributed by atoms with Crippen LogP contribution in [0.5, 0.6) is 0 Å². The van der Waals surface area contributed by atoms with Gasteiger partial charge in [0.2, 0.25) is 0 Å². The zero-order chi connectivity index (χ0) is 12.4. The highest BCUT2D eigenvalue weighted by atomic mass is 16.3. The minimum Gasteiger partial charge on any atom is -0.390 e. The molecule has 0 heterocycles. The molecule has 2 saturated carbocycles. The molecular formula is C12H26N2O2. The second kappa shape index (κ2) is 5.00.